The highest BCUT2D eigenvalue weighted by Crippen LogP contribution is 2.02. The first kappa shape index (κ1) is 15.9. The summed E-state index contributed by atoms with van der Waals surface area (Å²) in [5.74, 6) is -0.0660. The van der Waals surface area contributed by atoms with Crippen LogP contribution in [0.2, 0.25) is 0 Å². The molecule has 0 saturated carbocycles. The Balaban J connectivity index is 3.75. The molecular weight excluding hydrogens is 218 g/mol. The lowest BCUT2D eigenvalue weighted by Crippen LogP contribution is -2.48. The van der Waals surface area contributed by atoms with Gasteiger partial charge in [-0.1, -0.05) is 0 Å². The molecule has 0 rings (SSSR count). The molecule has 0 aromatic carbocycles. The van der Waals surface area contributed by atoms with Crippen molar-refractivity contribution in [1.29, 1.82) is 0 Å². The summed E-state index contributed by atoms with van der Waals surface area (Å²) in [6.07, 6.45) is 1.30. The summed E-state index contributed by atoms with van der Waals surface area (Å²) >= 11 is 0. The predicted octanol–water partition coefficient (Wildman–Crippen LogP) is 0.535. The number of carbonyl (C=O) groups excluding carboxylic acids is 2. The first-order chi connectivity index (χ1) is 7.76. The van der Waals surface area contributed by atoms with Crippen molar-refractivity contribution in [3.8, 4) is 0 Å². The van der Waals surface area contributed by atoms with E-state index in [1.165, 1.54) is 0 Å². The van der Waals surface area contributed by atoms with Gasteiger partial charge in [-0.25, -0.2) is 0 Å². The zero-order valence-electron chi connectivity index (χ0n) is 11.3. The second kappa shape index (κ2) is 7.27. The molecule has 0 aromatic rings. The zero-order valence-corrected chi connectivity index (χ0v) is 11.3. The third-order valence-electron chi connectivity index (χ3n) is 2.25. The minimum atomic E-state index is -0.378. The lowest BCUT2D eigenvalue weighted by Gasteiger charge is -2.24. The molecule has 0 aliphatic heterocycles. The van der Waals surface area contributed by atoms with E-state index in [0.717, 1.165) is 0 Å². The lowest BCUT2D eigenvalue weighted by atomic mass is 10.1. The number of nitrogens with two attached hydrogens (primary N) is 1. The Morgan fingerprint density at radius 3 is 2.18 bits per heavy atom. The van der Waals surface area contributed by atoms with Crippen LogP contribution in [0.15, 0.2) is 0 Å². The maximum Gasteiger partial charge on any atom is 0.220 e. The van der Waals surface area contributed by atoms with Crippen LogP contribution in [0, 0.1) is 0 Å². The van der Waals surface area contributed by atoms with Crippen molar-refractivity contribution in [1.82, 2.24) is 10.6 Å². The molecule has 0 heterocycles. The quantitative estimate of drug-likeness (QED) is 0.610. The summed E-state index contributed by atoms with van der Waals surface area (Å²) in [5, 5.41) is 5.61. The van der Waals surface area contributed by atoms with Gasteiger partial charge >= 0.3 is 0 Å². The second-order valence-corrected chi connectivity index (χ2v) is 5.21. The molecule has 17 heavy (non-hydrogen) atoms. The van der Waals surface area contributed by atoms with Gasteiger partial charge in [-0.15, -0.1) is 0 Å². The van der Waals surface area contributed by atoms with Crippen molar-refractivity contribution >= 4 is 11.8 Å². The average Bonchev–Trinajstić information content (AvgIpc) is 2.15. The molecule has 5 heteroatoms. The fourth-order valence-electron chi connectivity index (χ4n) is 1.29. The second-order valence-electron chi connectivity index (χ2n) is 5.21. The molecule has 0 aliphatic carbocycles. The molecule has 0 atom stereocenters. The van der Waals surface area contributed by atoms with Crippen LogP contribution in [0.5, 0.6) is 0 Å². The normalized spacial score (nSPS) is 11.4. The van der Waals surface area contributed by atoms with Gasteiger partial charge in [0.15, 0.2) is 0 Å². The fourth-order valence-corrected chi connectivity index (χ4v) is 1.29. The molecule has 2 amide bonds. The molecule has 0 bridgehead atoms. The molecule has 5 nitrogen and oxygen atoms in total. The minimum absolute atomic E-state index is 0.00844. The predicted molar refractivity (Wildman–Crippen MR) is 68.4 cm³/mol. The Morgan fingerprint density at radius 1 is 1.18 bits per heavy atom. The van der Waals surface area contributed by atoms with Gasteiger partial charge in [0.25, 0.3) is 0 Å². The molecular formula is C12H25N3O2. The van der Waals surface area contributed by atoms with Crippen molar-refractivity contribution in [2.24, 2.45) is 5.73 Å². The van der Waals surface area contributed by atoms with Crippen molar-refractivity contribution in [2.45, 2.75) is 58.5 Å². The summed E-state index contributed by atoms with van der Waals surface area (Å²) in [4.78, 5) is 22.8. The van der Waals surface area contributed by atoms with E-state index < -0.39 is 0 Å². The maximum absolute atomic E-state index is 11.5. The van der Waals surface area contributed by atoms with Gasteiger partial charge in [-0.05, 0) is 34.1 Å². The number of rotatable bonds is 7. The molecule has 0 unspecified atom stereocenters. The summed E-state index contributed by atoms with van der Waals surface area (Å²) in [7, 11) is 0. The molecule has 4 N–H and O–H groups in total. The molecule has 0 aromatic heterocycles. The minimum Gasteiger partial charge on any atom is -0.354 e. The number of hydrogen-bond acceptors (Lipinski definition) is 3. The van der Waals surface area contributed by atoms with Crippen LogP contribution in [0.3, 0.4) is 0 Å². The topological polar surface area (TPSA) is 84.2 Å². The lowest BCUT2D eigenvalue weighted by molar-refractivity contribution is -0.123. The van der Waals surface area contributed by atoms with E-state index in [4.69, 9.17) is 5.73 Å². The summed E-state index contributed by atoms with van der Waals surface area (Å²) in [6.45, 7) is 7.96. The largest absolute Gasteiger partial charge is 0.354 e. The number of carbonyl (C=O) groups is 2. The third kappa shape index (κ3) is 8.68. The van der Waals surface area contributed by atoms with Gasteiger partial charge in [0, 0.05) is 31.0 Å². The Hall–Kier alpha value is -1.10. The monoisotopic (exact) mass is 243 g/mol. The highest BCUT2D eigenvalue weighted by Gasteiger charge is 2.17. The van der Waals surface area contributed by atoms with Gasteiger partial charge in [-0.2, -0.15) is 0 Å². The highest BCUT2D eigenvalue weighted by molar-refractivity contribution is 5.79. The van der Waals surface area contributed by atoms with Crippen molar-refractivity contribution in [3.63, 3.8) is 0 Å². The van der Waals surface area contributed by atoms with E-state index in [-0.39, 0.29) is 23.4 Å². The van der Waals surface area contributed by atoms with Crippen LogP contribution in [0.1, 0.15) is 47.0 Å². The van der Waals surface area contributed by atoms with E-state index >= 15 is 0 Å². The summed E-state index contributed by atoms with van der Waals surface area (Å²) in [5.41, 5.74) is 5.13. The van der Waals surface area contributed by atoms with Crippen LogP contribution in [-0.4, -0.2) is 29.9 Å². The standard InChI is InChI=1S/C12H25N3O2/c1-9(2)14-10(16)6-5-7-11(17)15-12(3,4)8-13/h9H,5-8,13H2,1-4H3,(H,14,16)(H,15,17). The van der Waals surface area contributed by atoms with Crippen molar-refractivity contribution in [3.05, 3.63) is 0 Å². The highest BCUT2D eigenvalue weighted by atomic mass is 16.2. The first-order valence-corrected chi connectivity index (χ1v) is 6.07. The molecule has 0 radical (unpaired) electrons. The first-order valence-electron chi connectivity index (χ1n) is 6.07. The van der Waals surface area contributed by atoms with Gasteiger partial charge in [-0.3, -0.25) is 9.59 Å². The SMILES string of the molecule is CC(C)NC(=O)CCCC(=O)NC(C)(C)CN. The maximum atomic E-state index is 11.5. The van der Waals surface area contributed by atoms with E-state index in [0.29, 0.717) is 25.8 Å². The summed E-state index contributed by atoms with van der Waals surface area (Å²) in [6, 6.07) is 0.146. The van der Waals surface area contributed by atoms with E-state index in [1.54, 1.807) is 0 Å². The van der Waals surface area contributed by atoms with Gasteiger partial charge < -0.3 is 16.4 Å². The van der Waals surface area contributed by atoms with Crippen molar-refractivity contribution < 1.29 is 9.59 Å². The van der Waals surface area contributed by atoms with Crippen LogP contribution in [0.25, 0.3) is 0 Å². The van der Waals surface area contributed by atoms with E-state index in [9.17, 15) is 9.59 Å². The van der Waals surface area contributed by atoms with Crippen molar-refractivity contribution in [2.75, 3.05) is 6.54 Å². The third-order valence-corrected chi connectivity index (χ3v) is 2.25. The molecule has 0 fully saturated rings. The van der Waals surface area contributed by atoms with Crippen LogP contribution in [-0.2, 0) is 9.59 Å². The Kier molecular flexibility index (Phi) is 6.80. The molecule has 100 valence electrons. The van der Waals surface area contributed by atoms with Gasteiger partial charge in [0.2, 0.25) is 11.8 Å². The Morgan fingerprint density at radius 2 is 1.71 bits per heavy atom. The Bertz CT molecular complexity index is 262. The van der Waals surface area contributed by atoms with Crippen LogP contribution >= 0.6 is 0 Å². The van der Waals surface area contributed by atoms with E-state index in [1.807, 2.05) is 27.7 Å². The van der Waals surface area contributed by atoms with Gasteiger partial charge in [0.1, 0.15) is 0 Å². The molecule has 0 spiro atoms. The number of amides is 2. The number of nitrogens with one attached hydrogen (secondary N) is 2. The number of hydrogen-bond donors (Lipinski definition) is 3. The zero-order chi connectivity index (χ0) is 13.5. The van der Waals surface area contributed by atoms with Crippen LogP contribution in [0.4, 0.5) is 0 Å². The van der Waals surface area contributed by atoms with Crippen LogP contribution < -0.4 is 16.4 Å². The summed E-state index contributed by atoms with van der Waals surface area (Å²) < 4.78 is 0. The fraction of sp³-hybridized carbons (Fsp3) is 0.833. The van der Waals surface area contributed by atoms with E-state index in [2.05, 4.69) is 10.6 Å². The Labute approximate surface area is 104 Å². The van der Waals surface area contributed by atoms with Gasteiger partial charge in [0.05, 0.1) is 0 Å². The smallest absolute Gasteiger partial charge is 0.220 e. The molecule has 0 saturated heterocycles. The average molecular weight is 243 g/mol. The molecule has 0 aliphatic rings.